The van der Waals surface area contributed by atoms with E-state index in [4.69, 9.17) is 14.2 Å². The van der Waals surface area contributed by atoms with Gasteiger partial charge in [0.2, 0.25) is 0 Å². The Morgan fingerprint density at radius 3 is 2.19 bits per heavy atom. The molecule has 174 valence electrons. The molecule has 1 aromatic carbocycles. The van der Waals surface area contributed by atoms with Gasteiger partial charge in [0, 0.05) is 30.5 Å². The van der Waals surface area contributed by atoms with Crippen LogP contribution in [0.1, 0.15) is 72.9 Å². The van der Waals surface area contributed by atoms with E-state index in [1.165, 1.54) is 14.2 Å². The minimum atomic E-state index is -0.573. The second-order valence-corrected chi connectivity index (χ2v) is 8.97. The van der Waals surface area contributed by atoms with Gasteiger partial charge in [-0.3, -0.25) is 0 Å². The van der Waals surface area contributed by atoms with Gasteiger partial charge in [-0.25, -0.2) is 14.4 Å². The van der Waals surface area contributed by atoms with Crippen LogP contribution >= 0.6 is 0 Å². The predicted molar refractivity (Wildman–Crippen MR) is 120 cm³/mol. The molecule has 0 bridgehead atoms. The molecule has 0 unspecified atom stereocenters. The number of piperidine rings is 1. The number of carbonyl (C=O) groups is 3. The number of methoxy groups -OCH3 is 2. The number of carbonyl (C=O) groups excluding carboxylic acids is 3. The molecule has 0 saturated carbocycles. The number of likely N-dealkylation sites (tertiary alicyclic amines) is 1. The number of hydrogen-bond donors (Lipinski definition) is 0. The summed E-state index contributed by atoms with van der Waals surface area (Å²) in [7, 11) is 2.59. The maximum atomic E-state index is 12.5. The molecule has 0 radical (unpaired) electrons. The number of amides is 1. The van der Waals surface area contributed by atoms with E-state index >= 15 is 0 Å². The van der Waals surface area contributed by atoms with Crippen molar-refractivity contribution in [3.8, 4) is 0 Å². The van der Waals surface area contributed by atoms with Crippen LogP contribution in [-0.4, -0.2) is 60.4 Å². The fourth-order valence-electron chi connectivity index (χ4n) is 4.29. The first-order valence-electron chi connectivity index (χ1n) is 10.9. The maximum Gasteiger partial charge on any atom is 0.410 e. The molecule has 1 aromatic heterocycles. The molecule has 2 aromatic rings. The molecule has 1 aliphatic rings. The van der Waals surface area contributed by atoms with E-state index in [1.807, 2.05) is 45.9 Å². The Morgan fingerprint density at radius 1 is 1.03 bits per heavy atom. The van der Waals surface area contributed by atoms with Gasteiger partial charge in [-0.2, -0.15) is 0 Å². The molecule has 0 atom stereocenters. The molecule has 0 N–H and O–H groups in total. The number of benzene rings is 1. The summed E-state index contributed by atoms with van der Waals surface area (Å²) >= 11 is 0. The third kappa shape index (κ3) is 4.59. The zero-order chi connectivity index (χ0) is 23.6. The van der Waals surface area contributed by atoms with Gasteiger partial charge in [0.05, 0.1) is 14.2 Å². The Labute approximate surface area is 188 Å². The first-order valence-corrected chi connectivity index (χ1v) is 10.9. The Hall–Kier alpha value is -3.03. The largest absolute Gasteiger partial charge is 0.465 e. The number of nitrogens with zero attached hydrogens (tertiary/aromatic N) is 2. The van der Waals surface area contributed by atoms with Crippen LogP contribution in [0.2, 0.25) is 0 Å². The van der Waals surface area contributed by atoms with E-state index in [0.717, 1.165) is 23.9 Å². The van der Waals surface area contributed by atoms with Gasteiger partial charge < -0.3 is 23.7 Å². The van der Waals surface area contributed by atoms with E-state index in [2.05, 4.69) is 0 Å². The lowest BCUT2D eigenvalue weighted by molar-refractivity contribution is 0.0204. The summed E-state index contributed by atoms with van der Waals surface area (Å²) in [5.74, 6) is -0.877. The van der Waals surface area contributed by atoms with Gasteiger partial charge in [0.15, 0.2) is 0 Å². The zero-order valence-electron chi connectivity index (χ0n) is 19.7. The van der Waals surface area contributed by atoms with Crippen molar-refractivity contribution in [3.63, 3.8) is 0 Å². The fraction of sp³-hybridized carbons (Fsp3) is 0.542. The summed E-state index contributed by atoms with van der Waals surface area (Å²) in [6, 6.07) is 5.89. The van der Waals surface area contributed by atoms with Gasteiger partial charge in [0.1, 0.15) is 16.9 Å². The second kappa shape index (κ2) is 9.22. The van der Waals surface area contributed by atoms with Gasteiger partial charge in [-0.15, -0.1) is 0 Å². The molecule has 8 heteroatoms. The van der Waals surface area contributed by atoms with Crippen molar-refractivity contribution in [1.82, 2.24) is 9.47 Å². The third-order valence-corrected chi connectivity index (χ3v) is 5.79. The number of fused-ring (bicyclic) bond motifs is 1. The standard InChI is InChI=1S/C24H32N2O6/c1-7-26-18-14-16(15-10-12-25(13-11-15)23(29)32-24(2,3)4)8-9-17(18)19(21(27)30-5)20(26)22(28)31-6/h8-9,14-15H,7,10-13H2,1-6H3. The number of aryl methyl sites for hydroxylation is 1. The SMILES string of the molecule is CCn1c(C(=O)OC)c(C(=O)OC)c2ccc(C3CCN(C(=O)OC(C)(C)C)CC3)cc21. The molecule has 0 aliphatic carbocycles. The van der Waals surface area contributed by atoms with Crippen molar-refractivity contribution in [1.29, 1.82) is 0 Å². The van der Waals surface area contributed by atoms with E-state index in [-0.39, 0.29) is 23.3 Å². The number of aromatic nitrogens is 1. The minimum absolute atomic E-state index is 0.203. The highest BCUT2D eigenvalue weighted by Gasteiger charge is 2.30. The highest BCUT2D eigenvalue weighted by atomic mass is 16.6. The summed E-state index contributed by atoms with van der Waals surface area (Å²) in [6.45, 7) is 9.24. The van der Waals surface area contributed by atoms with Crippen LogP contribution in [-0.2, 0) is 20.8 Å². The van der Waals surface area contributed by atoms with Crippen LogP contribution in [0, 0.1) is 0 Å². The highest BCUT2D eigenvalue weighted by Crippen LogP contribution is 2.34. The van der Waals surface area contributed by atoms with Gasteiger partial charge in [-0.05, 0) is 58.1 Å². The van der Waals surface area contributed by atoms with Crippen molar-refractivity contribution in [2.75, 3.05) is 27.3 Å². The van der Waals surface area contributed by atoms with Crippen molar-refractivity contribution >= 4 is 28.9 Å². The molecule has 1 aliphatic heterocycles. The minimum Gasteiger partial charge on any atom is -0.465 e. The smallest absolute Gasteiger partial charge is 0.410 e. The quantitative estimate of drug-likeness (QED) is 0.515. The Kier molecular flexibility index (Phi) is 6.81. The molecule has 8 nitrogen and oxygen atoms in total. The lowest BCUT2D eigenvalue weighted by Crippen LogP contribution is -2.41. The first-order chi connectivity index (χ1) is 15.1. The second-order valence-electron chi connectivity index (χ2n) is 8.97. The summed E-state index contributed by atoms with van der Waals surface area (Å²) in [5.41, 5.74) is 1.82. The van der Waals surface area contributed by atoms with Crippen molar-refractivity contribution in [2.45, 2.75) is 58.6 Å². The van der Waals surface area contributed by atoms with Crippen molar-refractivity contribution < 1.29 is 28.6 Å². The van der Waals surface area contributed by atoms with Gasteiger partial charge >= 0.3 is 18.0 Å². The van der Waals surface area contributed by atoms with E-state index in [0.29, 0.717) is 25.0 Å². The van der Waals surface area contributed by atoms with Crippen molar-refractivity contribution in [2.24, 2.45) is 0 Å². The molecule has 2 heterocycles. The lowest BCUT2D eigenvalue weighted by atomic mass is 9.89. The third-order valence-electron chi connectivity index (χ3n) is 5.79. The molecule has 1 saturated heterocycles. The van der Waals surface area contributed by atoms with Crippen molar-refractivity contribution in [3.05, 3.63) is 35.0 Å². The topological polar surface area (TPSA) is 87.1 Å². The van der Waals surface area contributed by atoms with Crippen LogP contribution in [0.3, 0.4) is 0 Å². The number of ether oxygens (including phenoxy) is 3. The average molecular weight is 445 g/mol. The normalized spacial score (nSPS) is 15.0. The van der Waals surface area contributed by atoms with Crippen LogP contribution in [0.25, 0.3) is 10.9 Å². The van der Waals surface area contributed by atoms with Crippen LogP contribution < -0.4 is 0 Å². The molecule has 32 heavy (non-hydrogen) atoms. The van der Waals surface area contributed by atoms with E-state index < -0.39 is 17.5 Å². The monoisotopic (exact) mass is 444 g/mol. The number of esters is 2. The molecule has 1 fully saturated rings. The summed E-state index contributed by atoms with van der Waals surface area (Å²) in [4.78, 5) is 39.1. The molecular weight excluding hydrogens is 412 g/mol. The van der Waals surface area contributed by atoms with Gasteiger partial charge in [-0.1, -0.05) is 12.1 Å². The summed E-state index contributed by atoms with van der Waals surface area (Å²) in [6.07, 6.45) is 1.34. The van der Waals surface area contributed by atoms with Crippen LogP contribution in [0.4, 0.5) is 4.79 Å². The zero-order valence-corrected chi connectivity index (χ0v) is 19.7. The summed E-state index contributed by atoms with van der Waals surface area (Å²) in [5, 5.41) is 0.661. The average Bonchev–Trinajstić information content (AvgIpc) is 3.10. The molecule has 1 amide bonds. The number of hydrogen-bond acceptors (Lipinski definition) is 6. The van der Waals surface area contributed by atoms with Crippen LogP contribution in [0.15, 0.2) is 18.2 Å². The number of rotatable bonds is 4. The van der Waals surface area contributed by atoms with Gasteiger partial charge in [0.25, 0.3) is 0 Å². The molecular formula is C24H32N2O6. The fourth-order valence-corrected chi connectivity index (χ4v) is 4.29. The lowest BCUT2D eigenvalue weighted by Gasteiger charge is -2.33. The molecule has 3 rings (SSSR count). The Balaban J connectivity index is 1.91. The molecule has 0 spiro atoms. The summed E-state index contributed by atoms with van der Waals surface area (Å²) < 4.78 is 17.2. The maximum absolute atomic E-state index is 12.5. The Morgan fingerprint density at radius 2 is 1.66 bits per heavy atom. The highest BCUT2D eigenvalue weighted by molar-refractivity contribution is 6.13. The van der Waals surface area contributed by atoms with Crippen LogP contribution in [0.5, 0.6) is 0 Å². The Bertz CT molecular complexity index is 1030. The van der Waals surface area contributed by atoms with E-state index in [9.17, 15) is 14.4 Å². The first kappa shape index (κ1) is 23.6. The van der Waals surface area contributed by atoms with E-state index in [1.54, 1.807) is 9.47 Å². The predicted octanol–water partition coefficient (Wildman–Crippen LogP) is 4.35.